The van der Waals surface area contributed by atoms with Crippen LogP contribution in [-0.2, 0) is 19.4 Å². The summed E-state index contributed by atoms with van der Waals surface area (Å²) in [5.41, 5.74) is 4.01. The number of hydrogen-bond donors (Lipinski definition) is 5. The lowest BCUT2D eigenvalue weighted by Crippen LogP contribution is -2.48. The van der Waals surface area contributed by atoms with Crippen LogP contribution in [0.25, 0.3) is 0 Å². The maximum atomic E-state index is 13.7. The van der Waals surface area contributed by atoms with Gasteiger partial charge in [0.2, 0.25) is 0 Å². The van der Waals surface area contributed by atoms with Crippen LogP contribution in [0.1, 0.15) is 46.8 Å². The number of aryl methyl sites for hydroxylation is 1. The Labute approximate surface area is 250 Å². The molecule has 0 aliphatic carbocycles. The molecule has 8 nitrogen and oxygen atoms in total. The molecule has 0 saturated carbocycles. The van der Waals surface area contributed by atoms with Crippen LogP contribution in [0.5, 0.6) is 5.75 Å². The Kier molecular flexibility index (Phi) is 11.5. The number of ether oxygens (including phenoxy) is 1. The normalized spacial score (nSPS) is 16.7. The Morgan fingerprint density at radius 3 is 2.55 bits per heavy atom. The Bertz CT molecular complexity index is 1330. The van der Waals surface area contributed by atoms with Crippen molar-refractivity contribution in [2.45, 2.75) is 51.3 Å². The summed E-state index contributed by atoms with van der Waals surface area (Å²) in [5.74, 6) is 0.701. The molecule has 42 heavy (non-hydrogen) atoms. The Morgan fingerprint density at radius 1 is 1.00 bits per heavy atom. The van der Waals surface area contributed by atoms with E-state index in [9.17, 15) is 19.0 Å². The first-order chi connectivity index (χ1) is 20.3. The number of carbonyl (C=O) groups is 1. The minimum Gasteiger partial charge on any atom is -0.497 e. The molecule has 0 aromatic heterocycles. The third kappa shape index (κ3) is 8.83. The van der Waals surface area contributed by atoms with Gasteiger partial charge in [0.25, 0.3) is 5.91 Å². The van der Waals surface area contributed by atoms with Gasteiger partial charge in [0.05, 0.1) is 37.2 Å². The molecule has 9 heteroatoms. The predicted octanol–water partition coefficient (Wildman–Crippen LogP) is 5.57. The number of amides is 1. The van der Waals surface area contributed by atoms with Gasteiger partial charge in [-0.05, 0) is 66.3 Å². The van der Waals surface area contributed by atoms with Crippen LogP contribution in [0.15, 0.2) is 84.9 Å². The van der Waals surface area contributed by atoms with Crippen molar-refractivity contribution in [2.75, 3.05) is 30.3 Å². The van der Waals surface area contributed by atoms with E-state index in [2.05, 4.69) is 17.6 Å². The quantitative estimate of drug-likeness (QED) is 0.165. The van der Waals surface area contributed by atoms with E-state index in [1.54, 1.807) is 17.5 Å². The van der Waals surface area contributed by atoms with E-state index < -0.39 is 22.9 Å². The van der Waals surface area contributed by atoms with E-state index in [4.69, 9.17) is 4.74 Å². The number of rotatable bonds is 13. The third-order valence-corrected chi connectivity index (χ3v) is 9.16. The first kappa shape index (κ1) is 31.6. The molecule has 5 N–H and O–H groups in total. The summed E-state index contributed by atoms with van der Waals surface area (Å²) in [7, 11) is -1.39. The average molecular weight is 594 g/mol. The first-order valence-corrected chi connectivity index (χ1v) is 16.2. The van der Waals surface area contributed by atoms with Crippen molar-refractivity contribution in [1.82, 2.24) is 10.6 Å². The average Bonchev–Trinajstić information content (AvgIpc) is 3.17. The molecule has 1 heterocycles. The molecule has 1 amide bonds. The molecule has 0 bridgehead atoms. The van der Waals surface area contributed by atoms with Gasteiger partial charge in [0, 0.05) is 18.7 Å². The second-order valence-electron chi connectivity index (χ2n) is 10.6. The molecule has 2 atom stereocenters. The lowest BCUT2D eigenvalue weighted by atomic mass is 9.99. The smallest absolute Gasteiger partial charge is 0.251 e. The number of carbonyl (C=O) groups excluding carboxylic acids is 1. The molecule has 4 rings (SSSR count). The number of benzene rings is 3. The maximum Gasteiger partial charge on any atom is 0.251 e. The number of allylic oxidation sites excluding steroid dienone is 1. The fraction of sp³-hybridized carbons (Fsp3) is 0.364. The summed E-state index contributed by atoms with van der Waals surface area (Å²) in [6.45, 7) is 3.24. The van der Waals surface area contributed by atoms with Crippen LogP contribution < -0.4 is 19.7 Å². The summed E-state index contributed by atoms with van der Waals surface area (Å²) < 4.78 is 28.6. The minimum atomic E-state index is -3.02. The first-order valence-electron chi connectivity index (χ1n) is 14.5. The van der Waals surface area contributed by atoms with E-state index in [0.29, 0.717) is 37.2 Å². The summed E-state index contributed by atoms with van der Waals surface area (Å²) in [5, 5.41) is 17.6. The van der Waals surface area contributed by atoms with Crippen LogP contribution in [0.4, 0.5) is 5.69 Å². The van der Waals surface area contributed by atoms with Gasteiger partial charge >= 0.3 is 0 Å². The minimum absolute atomic E-state index is 0.247. The zero-order valence-corrected chi connectivity index (χ0v) is 25.2. The molecule has 1 aliphatic rings. The fourth-order valence-corrected chi connectivity index (χ4v) is 6.53. The third-order valence-electron chi connectivity index (χ3n) is 7.31. The number of nitrogens with one attached hydrogen (secondary N) is 2. The van der Waals surface area contributed by atoms with Crippen molar-refractivity contribution < 1.29 is 23.7 Å². The molecule has 1 aliphatic heterocycles. The van der Waals surface area contributed by atoms with Gasteiger partial charge < -0.3 is 20.5 Å². The van der Waals surface area contributed by atoms with Gasteiger partial charge in [0.15, 0.2) is 0 Å². The van der Waals surface area contributed by atoms with E-state index >= 15 is 0 Å². The van der Waals surface area contributed by atoms with Gasteiger partial charge in [-0.15, -0.1) is 10.8 Å². The highest BCUT2D eigenvalue weighted by atomic mass is 32.3. The monoisotopic (exact) mass is 593 g/mol. The molecule has 226 valence electrons. The van der Waals surface area contributed by atoms with Crippen LogP contribution in [0.3, 0.4) is 0 Å². The van der Waals surface area contributed by atoms with Crippen molar-refractivity contribution in [3.63, 3.8) is 0 Å². The summed E-state index contributed by atoms with van der Waals surface area (Å²) in [6, 6.07) is 22.5. The number of anilines is 1. The summed E-state index contributed by atoms with van der Waals surface area (Å²) in [4.78, 5) is 13.7. The van der Waals surface area contributed by atoms with Gasteiger partial charge in [-0.2, -0.15) is 0 Å². The van der Waals surface area contributed by atoms with Gasteiger partial charge in [-0.1, -0.05) is 68.0 Å². The second kappa shape index (κ2) is 15.2. The Morgan fingerprint density at radius 2 is 1.79 bits per heavy atom. The molecular formula is C33H43N3O5S. The molecular weight excluding hydrogens is 550 g/mol. The highest BCUT2D eigenvalue weighted by Crippen LogP contribution is 2.48. The lowest BCUT2D eigenvalue weighted by Gasteiger charge is -2.43. The van der Waals surface area contributed by atoms with Gasteiger partial charge in [-0.25, -0.2) is 0 Å². The van der Waals surface area contributed by atoms with E-state index in [1.165, 1.54) is 0 Å². The van der Waals surface area contributed by atoms with Crippen molar-refractivity contribution >= 4 is 22.4 Å². The van der Waals surface area contributed by atoms with Crippen molar-refractivity contribution in [2.24, 2.45) is 0 Å². The van der Waals surface area contributed by atoms with Gasteiger partial charge in [-0.3, -0.25) is 18.2 Å². The van der Waals surface area contributed by atoms with Crippen molar-refractivity contribution in [3.8, 4) is 5.75 Å². The molecule has 3 aromatic carbocycles. The zero-order valence-electron chi connectivity index (χ0n) is 24.4. The highest BCUT2D eigenvalue weighted by Gasteiger charge is 2.26. The second-order valence-corrected chi connectivity index (χ2v) is 12.7. The summed E-state index contributed by atoms with van der Waals surface area (Å²) >= 11 is 0. The number of aliphatic hydroxyl groups is 1. The van der Waals surface area contributed by atoms with E-state index in [0.717, 1.165) is 35.3 Å². The highest BCUT2D eigenvalue weighted by molar-refractivity contribution is 8.25. The Balaban J connectivity index is 1.53. The Hall–Kier alpha value is -3.34. The molecule has 0 fully saturated rings. The molecule has 0 radical (unpaired) electrons. The number of hydrogen-bond acceptors (Lipinski definition) is 7. The molecule has 0 unspecified atom stereocenters. The fourth-order valence-electron chi connectivity index (χ4n) is 5.09. The van der Waals surface area contributed by atoms with Crippen molar-refractivity contribution in [3.05, 3.63) is 107 Å². The SMILES string of the molecule is CCCc1cc(C(=O)N[C@@H](Cc2ccccc2)[C@@H](O)CNCc2cccc(OC)c2)cc(N2CC=CCCS2(O)O)c1. The summed E-state index contributed by atoms with van der Waals surface area (Å²) in [6.07, 6.45) is 5.70. The molecule has 3 aromatic rings. The molecule has 0 spiro atoms. The topological polar surface area (TPSA) is 114 Å². The van der Waals surface area contributed by atoms with Crippen LogP contribution in [0, 0.1) is 0 Å². The number of nitrogens with zero attached hydrogens (tertiary/aromatic N) is 1. The van der Waals surface area contributed by atoms with E-state index in [1.807, 2.05) is 78.9 Å². The lowest BCUT2D eigenvalue weighted by molar-refractivity contribution is 0.0830. The zero-order chi connectivity index (χ0) is 30.0. The van der Waals surface area contributed by atoms with Crippen LogP contribution in [-0.4, -0.2) is 58.2 Å². The largest absolute Gasteiger partial charge is 0.497 e. The van der Waals surface area contributed by atoms with Crippen LogP contribution >= 0.6 is 10.8 Å². The predicted molar refractivity (Wildman–Crippen MR) is 171 cm³/mol. The standard InChI is InChI=1S/C33H43N3O5S/c1-3-11-26-18-28(22-29(19-26)36-16-8-5-9-17-42(36,39)40)33(38)35-31(21-25-12-6-4-7-13-25)32(37)24-34-23-27-14-10-15-30(20-27)41-2/h4-8,10,12-15,18-20,22,31-32,34,37,39-40H,3,9,11,16-17,21,23-24H2,1-2H3,(H,35,38)/t31-,32-/m0/s1. The van der Waals surface area contributed by atoms with Crippen LogP contribution in [0.2, 0.25) is 0 Å². The maximum absolute atomic E-state index is 13.7. The van der Waals surface area contributed by atoms with E-state index in [-0.39, 0.29) is 18.2 Å². The van der Waals surface area contributed by atoms with Crippen molar-refractivity contribution in [1.29, 1.82) is 0 Å². The molecule has 0 saturated heterocycles. The number of aliphatic hydroxyl groups excluding tert-OH is 1. The van der Waals surface area contributed by atoms with Gasteiger partial charge in [0.1, 0.15) is 5.75 Å². The number of methoxy groups -OCH3 is 1.